The molecule has 0 aliphatic heterocycles. The van der Waals surface area contributed by atoms with Crippen LogP contribution in [-0.2, 0) is 4.79 Å². The quantitative estimate of drug-likeness (QED) is 0.685. The second kappa shape index (κ2) is 6.24. The number of carboxylic acid groups (broad SMARTS) is 1. The highest BCUT2D eigenvalue weighted by Gasteiger charge is 2.39. The van der Waals surface area contributed by atoms with Gasteiger partial charge in [-0.25, -0.2) is 4.79 Å². The zero-order valence-electron chi connectivity index (χ0n) is 11.4. The number of hydrogen-bond acceptors (Lipinski definition) is 3. The minimum absolute atomic E-state index is 0.214. The summed E-state index contributed by atoms with van der Waals surface area (Å²) in [4.78, 5) is 21.6. The Morgan fingerprint density at radius 3 is 2.64 bits per heavy atom. The lowest BCUT2D eigenvalue weighted by molar-refractivity contribution is -0.167. The van der Waals surface area contributed by atoms with E-state index in [4.69, 9.17) is 5.11 Å². The van der Waals surface area contributed by atoms with E-state index in [0.717, 1.165) is 12.8 Å². The molecule has 1 saturated carbocycles. The van der Waals surface area contributed by atoms with Gasteiger partial charge in [-0.1, -0.05) is 12.8 Å². The minimum atomic E-state index is -4.99. The number of halogens is 3. The Labute approximate surface area is 123 Å². The summed E-state index contributed by atoms with van der Waals surface area (Å²) in [7, 11) is 0. The molecule has 22 heavy (non-hydrogen) atoms. The molecule has 2 atom stereocenters. The minimum Gasteiger partial charge on any atom is -0.465 e. The maximum absolute atomic E-state index is 12.2. The van der Waals surface area contributed by atoms with Crippen LogP contribution in [0, 0.1) is 0 Å². The Balaban J connectivity index is 2.08. The Bertz CT molecular complexity index is 558. The van der Waals surface area contributed by atoms with Crippen molar-refractivity contribution >= 4 is 17.8 Å². The molecule has 0 aromatic carbocycles. The van der Waals surface area contributed by atoms with Crippen LogP contribution in [0.5, 0.6) is 0 Å². The van der Waals surface area contributed by atoms with Gasteiger partial charge in [0.05, 0.1) is 0 Å². The van der Waals surface area contributed by atoms with Crippen LogP contribution in [0.4, 0.5) is 23.8 Å². The van der Waals surface area contributed by atoms with Crippen molar-refractivity contribution in [3.05, 3.63) is 11.8 Å². The molecule has 1 fully saturated rings. The van der Waals surface area contributed by atoms with Crippen LogP contribution < -0.4 is 10.6 Å². The molecule has 0 radical (unpaired) electrons. The average molecular weight is 320 g/mol. The van der Waals surface area contributed by atoms with Gasteiger partial charge in [0, 0.05) is 23.7 Å². The highest BCUT2D eigenvalue weighted by Crippen LogP contribution is 2.33. The fourth-order valence-corrected chi connectivity index (χ4v) is 2.61. The maximum atomic E-state index is 12.2. The number of aromatic amines is 1. The smallest absolute Gasteiger partial charge is 0.465 e. The number of nitrogens with zero attached hydrogens (tertiary/aromatic N) is 1. The number of carbonyl (C=O) groups excluding carboxylic acids is 1. The number of rotatable bonds is 3. The predicted octanol–water partition coefficient (Wildman–Crippen LogP) is 2.20. The van der Waals surface area contributed by atoms with Gasteiger partial charge in [-0.3, -0.25) is 9.89 Å². The zero-order valence-corrected chi connectivity index (χ0v) is 11.4. The summed E-state index contributed by atoms with van der Waals surface area (Å²) >= 11 is 0. The lowest BCUT2D eigenvalue weighted by Gasteiger charge is -2.30. The Morgan fingerprint density at radius 2 is 2.00 bits per heavy atom. The van der Waals surface area contributed by atoms with Crippen molar-refractivity contribution in [1.29, 1.82) is 0 Å². The number of anilines is 1. The monoisotopic (exact) mass is 320 g/mol. The van der Waals surface area contributed by atoms with Gasteiger partial charge in [-0.2, -0.15) is 18.3 Å². The summed E-state index contributed by atoms with van der Waals surface area (Å²) < 4.78 is 36.5. The standard InChI is InChI=1S/C12H15F3N4O3/c13-12(14,15)10(20)17-9-5-8(18-19-9)6-3-1-2-4-7(6)16-11(21)22/h5-7,16H,1-4H2,(H,21,22)(H2,17,18,19,20). The first-order valence-electron chi connectivity index (χ1n) is 6.70. The van der Waals surface area contributed by atoms with E-state index in [0.29, 0.717) is 18.5 Å². The van der Waals surface area contributed by atoms with Crippen molar-refractivity contribution in [3.8, 4) is 0 Å². The topological polar surface area (TPSA) is 107 Å². The highest BCUT2D eigenvalue weighted by atomic mass is 19.4. The average Bonchev–Trinajstić information content (AvgIpc) is 2.86. The van der Waals surface area contributed by atoms with Crippen LogP contribution in [0.2, 0.25) is 0 Å². The third-order valence-electron chi connectivity index (χ3n) is 3.57. The van der Waals surface area contributed by atoms with E-state index in [2.05, 4.69) is 15.5 Å². The van der Waals surface area contributed by atoms with Crippen molar-refractivity contribution in [2.45, 2.75) is 43.8 Å². The number of H-pyrrole nitrogens is 1. The molecule has 4 N–H and O–H groups in total. The van der Waals surface area contributed by atoms with Crippen LogP contribution in [0.3, 0.4) is 0 Å². The first kappa shape index (κ1) is 16.1. The largest absolute Gasteiger partial charge is 0.471 e. The number of aromatic nitrogens is 2. The third kappa shape index (κ3) is 3.89. The van der Waals surface area contributed by atoms with E-state index in [-0.39, 0.29) is 17.8 Å². The molecule has 0 saturated heterocycles. The van der Waals surface area contributed by atoms with Crippen molar-refractivity contribution in [2.24, 2.45) is 0 Å². The summed E-state index contributed by atoms with van der Waals surface area (Å²) in [5, 5.41) is 19.1. The molecule has 7 nitrogen and oxygen atoms in total. The van der Waals surface area contributed by atoms with Gasteiger partial charge in [0.15, 0.2) is 5.82 Å². The number of nitrogens with one attached hydrogen (secondary N) is 3. The molecular weight excluding hydrogens is 305 g/mol. The molecule has 1 aliphatic carbocycles. The summed E-state index contributed by atoms with van der Waals surface area (Å²) in [6.07, 6.45) is -3.07. The van der Waals surface area contributed by atoms with E-state index < -0.39 is 18.2 Å². The van der Waals surface area contributed by atoms with Crippen LogP contribution in [-0.4, -0.2) is 39.5 Å². The molecule has 1 aromatic heterocycles. The molecular formula is C12H15F3N4O3. The Morgan fingerprint density at radius 1 is 1.32 bits per heavy atom. The molecule has 2 unspecified atom stereocenters. The Kier molecular flexibility index (Phi) is 4.57. The van der Waals surface area contributed by atoms with Crippen molar-refractivity contribution in [3.63, 3.8) is 0 Å². The predicted molar refractivity (Wildman–Crippen MR) is 69.4 cm³/mol. The fourth-order valence-electron chi connectivity index (χ4n) is 2.61. The molecule has 2 rings (SSSR count). The lowest BCUT2D eigenvalue weighted by Crippen LogP contribution is -2.40. The summed E-state index contributed by atoms with van der Waals surface area (Å²) in [6, 6.07) is 0.966. The van der Waals surface area contributed by atoms with Crippen LogP contribution >= 0.6 is 0 Å². The van der Waals surface area contributed by atoms with E-state index >= 15 is 0 Å². The third-order valence-corrected chi connectivity index (χ3v) is 3.57. The molecule has 2 amide bonds. The first-order valence-corrected chi connectivity index (χ1v) is 6.70. The second-order valence-electron chi connectivity index (χ2n) is 5.11. The Hall–Kier alpha value is -2.26. The second-order valence-corrected chi connectivity index (χ2v) is 5.11. The normalized spacial score (nSPS) is 22.1. The van der Waals surface area contributed by atoms with E-state index in [9.17, 15) is 22.8 Å². The van der Waals surface area contributed by atoms with Crippen LogP contribution in [0.1, 0.15) is 37.3 Å². The zero-order chi connectivity index (χ0) is 16.3. The summed E-state index contributed by atoms with van der Waals surface area (Å²) in [6.45, 7) is 0. The van der Waals surface area contributed by atoms with Crippen LogP contribution in [0.15, 0.2) is 6.07 Å². The molecule has 0 bridgehead atoms. The van der Waals surface area contributed by atoms with Gasteiger partial charge in [0.25, 0.3) is 0 Å². The van der Waals surface area contributed by atoms with Gasteiger partial charge in [-0.15, -0.1) is 0 Å². The van der Waals surface area contributed by atoms with Crippen molar-refractivity contribution in [2.75, 3.05) is 5.32 Å². The SMILES string of the molecule is O=C(O)NC1CCCCC1c1cc(NC(=O)C(F)(F)F)n[nH]1. The molecule has 122 valence electrons. The number of alkyl halides is 3. The first-order chi connectivity index (χ1) is 10.3. The van der Waals surface area contributed by atoms with Gasteiger partial charge >= 0.3 is 18.2 Å². The van der Waals surface area contributed by atoms with Gasteiger partial charge in [0.2, 0.25) is 0 Å². The van der Waals surface area contributed by atoms with Crippen LogP contribution in [0.25, 0.3) is 0 Å². The molecule has 10 heteroatoms. The summed E-state index contributed by atoms with van der Waals surface area (Å²) in [5.41, 5.74) is 0.496. The highest BCUT2D eigenvalue weighted by molar-refractivity contribution is 5.94. The number of carbonyl (C=O) groups is 2. The van der Waals surface area contributed by atoms with E-state index in [1.54, 1.807) is 5.32 Å². The number of amides is 2. The van der Waals surface area contributed by atoms with Gasteiger partial charge in [0.1, 0.15) is 0 Å². The lowest BCUT2D eigenvalue weighted by atomic mass is 9.82. The molecule has 0 spiro atoms. The number of hydrogen-bond donors (Lipinski definition) is 4. The van der Waals surface area contributed by atoms with E-state index in [1.165, 1.54) is 6.07 Å². The maximum Gasteiger partial charge on any atom is 0.471 e. The van der Waals surface area contributed by atoms with Crippen molar-refractivity contribution < 1.29 is 27.9 Å². The van der Waals surface area contributed by atoms with Crippen molar-refractivity contribution in [1.82, 2.24) is 15.5 Å². The molecule has 1 heterocycles. The summed E-state index contributed by atoms with van der Waals surface area (Å²) in [5.74, 6) is -2.56. The van der Waals surface area contributed by atoms with E-state index in [1.807, 2.05) is 0 Å². The molecule has 1 aliphatic rings. The molecule has 1 aromatic rings. The van der Waals surface area contributed by atoms with Gasteiger partial charge < -0.3 is 15.7 Å². The van der Waals surface area contributed by atoms with Gasteiger partial charge in [-0.05, 0) is 12.8 Å². The fraction of sp³-hybridized carbons (Fsp3) is 0.583.